The molecule has 4 rings (SSSR count). The zero-order chi connectivity index (χ0) is 20.2. The van der Waals surface area contributed by atoms with Crippen molar-refractivity contribution in [1.29, 1.82) is 0 Å². The van der Waals surface area contributed by atoms with Crippen LogP contribution in [0.3, 0.4) is 0 Å². The molecule has 0 N–H and O–H groups in total. The van der Waals surface area contributed by atoms with Gasteiger partial charge in [-0.05, 0) is 43.3 Å². The summed E-state index contributed by atoms with van der Waals surface area (Å²) in [6.45, 7) is 2.10. The molecule has 2 aromatic heterocycles. The molecule has 0 radical (unpaired) electrons. The molecule has 5 nitrogen and oxygen atoms in total. The maximum atomic E-state index is 6.47. The van der Waals surface area contributed by atoms with Crippen molar-refractivity contribution in [3.05, 3.63) is 93.4 Å². The molecule has 4 aromatic rings. The third-order valence-electron chi connectivity index (χ3n) is 4.30. The zero-order valence-electron chi connectivity index (χ0n) is 15.5. The van der Waals surface area contributed by atoms with E-state index in [0.717, 1.165) is 27.2 Å². The molecule has 29 heavy (non-hydrogen) atoms. The molecule has 0 amide bonds. The Hall–Kier alpha value is -2.83. The number of nitrogens with zero attached hydrogens (tertiary/aromatic N) is 3. The van der Waals surface area contributed by atoms with Gasteiger partial charge in [-0.15, -0.1) is 0 Å². The van der Waals surface area contributed by atoms with Crippen LogP contribution >= 0.6 is 27.5 Å². The highest BCUT2D eigenvalue weighted by Gasteiger charge is 2.13. The van der Waals surface area contributed by atoms with E-state index in [1.165, 1.54) is 0 Å². The Bertz CT molecular complexity index is 1130. The number of furan rings is 1. The second-order valence-corrected chi connectivity index (χ2v) is 7.59. The molecule has 2 heterocycles. The minimum atomic E-state index is 0.219. The Morgan fingerprint density at radius 1 is 1.10 bits per heavy atom. The summed E-state index contributed by atoms with van der Waals surface area (Å²) >= 11 is 9.90. The van der Waals surface area contributed by atoms with Crippen LogP contribution in [0.15, 0.2) is 80.8 Å². The van der Waals surface area contributed by atoms with Crippen LogP contribution in [0.5, 0.6) is 0 Å². The number of aryl methyl sites for hydroxylation is 1. The van der Waals surface area contributed by atoms with Gasteiger partial charge in [-0.1, -0.05) is 63.0 Å². The first-order valence-electron chi connectivity index (χ1n) is 8.92. The maximum Gasteiger partial charge on any atom is 0.174 e. The third-order valence-corrected chi connectivity index (χ3v) is 5.19. The lowest BCUT2D eigenvalue weighted by atomic mass is 10.2. The van der Waals surface area contributed by atoms with Crippen LogP contribution in [0.1, 0.15) is 17.0 Å². The van der Waals surface area contributed by atoms with Crippen molar-refractivity contribution < 1.29 is 9.25 Å². The van der Waals surface area contributed by atoms with Crippen LogP contribution in [0.25, 0.3) is 17.0 Å². The van der Waals surface area contributed by atoms with Crippen LogP contribution in [0, 0.1) is 6.92 Å². The van der Waals surface area contributed by atoms with Crippen molar-refractivity contribution in [1.82, 2.24) is 9.78 Å². The second kappa shape index (κ2) is 8.68. The largest absolute Gasteiger partial charge is 0.457 e. The van der Waals surface area contributed by atoms with Gasteiger partial charge in [0.1, 0.15) is 16.7 Å². The normalized spacial score (nSPS) is 11.3. The van der Waals surface area contributed by atoms with Gasteiger partial charge in [0.2, 0.25) is 0 Å². The van der Waals surface area contributed by atoms with Crippen molar-refractivity contribution in [2.45, 2.75) is 13.5 Å². The number of benzene rings is 2. The highest BCUT2D eigenvalue weighted by molar-refractivity contribution is 9.10. The van der Waals surface area contributed by atoms with Gasteiger partial charge in [0.25, 0.3) is 0 Å². The number of aromatic nitrogens is 2. The van der Waals surface area contributed by atoms with Gasteiger partial charge in [0.15, 0.2) is 6.61 Å². The number of hydrogen-bond acceptors (Lipinski definition) is 4. The lowest BCUT2D eigenvalue weighted by molar-refractivity contribution is 0.116. The molecule has 0 saturated heterocycles. The van der Waals surface area contributed by atoms with Crippen molar-refractivity contribution in [3.63, 3.8) is 0 Å². The fourth-order valence-corrected chi connectivity index (χ4v) is 3.40. The van der Waals surface area contributed by atoms with Gasteiger partial charge in [-0.2, -0.15) is 5.10 Å². The van der Waals surface area contributed by atoms with Crippen LogP contribution in [0.2, 0.25) is 5.15 Å². The molecule has 0 spiro atoms. The second-order valence-electron chi connectivity index (χ2n) is 6.32. The molecule has 7 heteroatoms. The van der Waals surface area contributed by atoms with Crippen molar-refractivity contribution >= 4 is 33.7 Å². The quantitative estimate of drug-likeness (QED) is 0.242. The average molecular weight is 471 g/mol. The Labute approximate surface area is 181 Å². The predicted molar refractivity (Wildman–Crippen MR) is 118 cm³/mol. The van der Waals surface area contributed by atoms with Gasteiger partial charge in [0.05, 0.1) is 23.2 Å². The molecule has 0 aliphatic heterocycles. The van der Waals surface area contributed by atoms with Crippen LogP contribution in [-0.4, -0.2) is 16.0 Å². The molecule has 2 aromatic carbocycles. The lowest BCUT2D eigenvalue weighted by Gasteiger charge is -2.01. The van der Waals surface area contributed by atoms with Gasteiger partial charge >= 0.3 is 0 Å². The summed E-state index contributed by atoms with van der Waals surface area (Å²) in [5.74, 6) is 1.46. The number of para-hydroxylation sites is 1. The van der Waals surface area contributed by atoms with Gasteiger partial charge in [-0.25, -0.2) is 4.68 Å². The summed E-state index contributed by atoms with van der Waals surface area (Å²) in [4.78, 5) is 5.39. The van der Waals surface area contributed by atoms with E-state index in [1.807, 2.05) is 73.7 Å². The molecule has 0 fully saturated rings. The molecule has 0 aliphatic rings. The molecule has 0 atom stereocenters. The Morgan fingerprint density at radius 3 is 2.62 bits per heavy atom. The van der Waals surface area contributed by atoms with E-state index in [0.29, 0.717) is 16.5 Å². The third kappa shape index (κ3) is 4.44. The molecular weight excluding hydrogens is 454 g/mol. The molecule has 0 aliphatic carbocycles. The van der Waals surface area contributed by atoms with Gasteiger partial charge in [-0.3, -0.25) is 0 Å². The summed E-state index contributed by atoms with van der Waals surface area (Å²) in [6, 6.07) is 21.4. The summed E-state index contributed by atoms with van der Waals surface area (Å²) in [5.41, 5.74) is 3.36. The van der Waals surface area contributed by atoms with E-state index in [4.69, 9.17) is 20.9 Å². The summed E-state index contributed by atoms with van der Waals surface area (Å²) in [5, 5.41) is 8.99. The minimum Gasteiger partial charge on any atom is -0.457 e. The Morgan fingerprint density at radius 2 is 1.86 bits per heavy atom. The van der Waals surface area contributed by atoms with Crippen molar-refractivity contribution in [3.8, 4) is 17.0 Å². The topological polar surface area (TPSA) is 52.5 Å². The Kier molecular flexibility index (Phi) is 5.83. The fourth-order valence-electron chi connectivity index (χ4n) is 2.81. The minimum absolute atomic E-state index is 0.219. The number of rotatable bonds is 6. The monoisotopic (exact) mass is 469 g/mol. The molecular formula is C22H17BrClN3O2. The van der Waals surface area contributed by atoms with E-state index in [-0.39, 0.29) is 6.61 Å². The highest BCUT2D eigenvalue weighted by atomic mass is 79.9. The summed E-state index contributed by atoms with van der Waals surface area (Å²) in [7, 11) is 0. The van der Waals surface area contributed by atoms with Crippen LogP contribution < -0.4 is 0 Å². The SMILES string of the molecule is Cc1nn(-c2ccccc2)c(Cl)c1/C=N/OCc1ccc(-c2ccc(Br)cc2)o1. The fraction of sp³-hybridized carbons (Fsp3) is 0.0909. The van der Waals surface area contributed by atoms with E-state index < -0.39 is 0 Å². The van der Waals surface area contributed by atoms with Gasteiger partial charge < -0.3 is 9.25 Å². The standard InChI is InChI=1S/C22H17BrClN3O2/c1-15-20(22(24)27(26-15)18-5-3-2-4-6-18)13-25-28-14-19-11-12-21(29-19)16-7-9-17(23)10-8-16/h2-13H,14H2,1H3/b25-13+. The zero-order valence-corrected chi connectivity index (χ0v) is 17.9. The van der Waals surface area contributed by atoms with Crippen molar-refractivity contribution in [2.75, 3.05) is 0 Å². The highest BCUT2D eigenvalue weighted by Crippen LogP contribution is 2.25. The number of halogens is 2. The number of oxime groups is 1. The summed E-state index contributed by atoms with van der Waals surface area (Å²) < 4.78 is 8.51. The first-order chi connectivity index (χ1) is 14.1. The maximum absolute atomic E-state index is 6.47. The predicted octanol–water partition coefficient (Wildman–Crippen LogP) is 6.41. The molecule has 0 saturated carbocycles. The smallest absolute Gasteiger partial charge is 0.174 e. The summed E-state index contributed by atoms with van der Waals surface area (Å²) in [6.07, 6.45) is 1.57. The average Bonchev–Trinajstić information content (AvgIpc) is 3.32. The lowest BCUT2D eigenvalue weighted by Crippen LogP contribution is -1.96. The molecule has 0 unspecified atom stereocenters. The van der Waals surface area contributed by atoms with Crippen LogP contribution in [-0.2, 0) is 11.4 Å². The van der Waals surface area contributed by atoms with Gasteiger partial charge in [0, 0.05) is 10.0 Å². The van der Waals surface area contributed by atoms with E-state index in [1.54, 1.807) is 10.9 Å². The Balaban J connectivity index is 1.41. The van der Waals surface area contributed by atoms with E-state index in [2.05, 4.69) is 26.2 Å². The van der Waals surface area contributed by atoms with E-state index in [9.17, 15) is 0 Å². The van der Waals surface area contributed by atoms with Crippen LogP contribution in [0.4, 0.5) is 0 Å². The first-order valence-corrected chi connectivity index (χ1v) is 10.1. The van der Waals surface area contributed by atoms with Crippen molar-refractivity contribution in [2.24, 2.45) is 5.16 Å². The molecule has 0 bridgehead atoms. The first kappa shape index (κ1) is 19.5. The number of hydrogen-bond donors (Lipinski definition) is 0. The molecule has 146 valence electrons. The van der Waals surface area contributed by atoms with E-state index >= 15 is 0 Å².